The molecule has 3 nitrogen and oxygen atoms in total. The highest BCUT2D eigenvalue weighted by atomic mass is 16.1. The molecule has 0 heterocycles. The van der Waals surface area contributed by atoms with Crippen molar-refractivity contribution in [2.24, 2.45) is 0 Å². The third kappa shape index (κ3) is 2.81. The largest absolute Gasteiger partial charge is 0.373 e. The Morgan fingerprint density at radius 2 is 1.74 bits per heavy atom. The summed E-state index contributed by atoms with van der Waals surface area (Å²) in [7, 11) is 6.48. The molecule has 1 aliphatic carbocycles. The van der Waals surface area contributed by atoms with Gasteiger partial charge in [-0.15, -0.1) is 0 Å². The standard InChI is InChI=1S/C16H24N2O/c1-13(19)14-6-8-15(9-7-14)18(4)12-16(17(2)3)10-5-11-16/h6-9H,5,10-12H2,1-4H3. The molecule has 0 spiro atoms. The lowest BCUT2D eigenvalue weighted by atomic mass is 9.75. The summed E-state index contributed by atoms with van der Waals surface area (Å²) in [6, 6.07) is 7.91. The van der Waals surface area contributed by atoms with Crippen LogP contribution in [-0.2, 0) is 0 Å². The fourth-order valence-electron chi connectivity index (χ4n) is 2.82. The molecular formula is C16H24N2O. The van der Waals surface area contributed by atoms with Crippen LogP contribution in [-0.4, -0.2) is 43.9 Å². The van der Waals surface area contributed by atoms with Crippen molar-refractivity contribution in [3.63, 3.8) is 0 Å². The molecule has 104 valence electrons. The predicted molar refractivity (Wildman–Crippen MR) is 80.0 cm³/mol. The zero-order chi connectivity index (χ0) is 14.0. The number of anilines is 1. The van der Waals surface area contributed by atoms with Crippen LogP contribution in [0.2, 0.25) is 0 Å². The van der Waals surface area contributed by atoms with Gasteiger partial charge in [-0.2, -0.15) is 0 Å². The number of hydrogen-bond donors (Lipinski definition) is 0. The third-order valence-corrected chi connectivity index (χ3v) is 4.48. The number of carbonyl (C=O) groups is 1. The Kier molecular flexibility index (Phi) is 3.95. The number of hydrogen-bond acceptors (Lipinski definition) is 3. The molecule has 19 heavy (non-hydrogen) atoms. The molecule has 1 aromatic rings. The number of likely N-dealkylation sites (N-methyl/N-ethyl adjacent to an activating group) is 2. The molecule has 2 rings (SSSR count). The summed E-state index contributed by atoms with van der Waals surface area (Å²) in [6.07, 6.45) is 3.88. The zero-order valence-electron chi connectivity index (χ0n) is 12.4. The molecular weight excluding hydrogens is 236 g/mol. The summed E-state index contributed by atoms with van der Waals surface area (Å²) in [5.41, 5.74) is 2.29. The van der Waals surface area contributed by atoms with Gasteiger partial charge in [0, 0.05) is 30.4 Å². The fourth-order valence-corrected chi connectivity index (χ4v) is 2.82. The van der Waals surface area contributed by atoms with Crippen molar-refractivity contribution >= 4 is 11.5 Å². The van der Waals surface area contributed by atoms with E-state index in [9.17, 15) is 4.79 Å². The number of rotatable bonds is 5. The van der Waals surface area contributed by atoms with E-state index in [-0.39, 0.29) is 5.78 Å². The second kappa shape index (κ2) is 5.33. The SMILES string of the molecule is CC(=O)c1ccc(N(C)CC2(N(C)C)CCC2)cc1. The molecule has 0 atom stereocenters. The summed E-state index contributed by atoms with van der Waals surface area (Å²) >= 11 is 0. The molecule has 0 aromatic heterocycles. The van der Waals surface area contributed by atoms with Gasteiger partial charge in [0.2, 0.25) is 0 Å². The van der Waals surface area contributed by atoms with E-state index in [1.165, 1.54) is 24.9 Å². The van der Waals surface area contributed by atoms with Gasteiger partial charge in [0.15, 0.2) is 5.78 Å². The highest BCUT2D eigenvalue weighted by Crippen LogP contribution is 2.37. The molecule has 0 aliphatic heterocycles. The molecule has 0 radical (unpaired) electrons. The normalized spacial score (nSPS) is 17.1. The van der Waals surface area contributed by atoms with E-state index in [4.69, 9.17) is 0 Å². The summed E-state index contributed by atoms with van der Waals surface area (Å²) in [5.74, 6) is 0.123. The maximum absolute atomic E-state index is 11.3. The molecule has 0 saturated heterocycles. The number of ketones is 1. The van der Waals surface area contributed by atoms with Gasteiger partial charge in [0.1, 0.15) is 0 Å². The van der Waals surface area contributed by atoms with E-state index >= 15 is 0 Å². The quantitative estimate of drug-likeness (QED) is 0.761. The Morgan fingerprint density at radius 3 is 2.11 bits per heavy atom. The second-order valence-electron chi connectivity index (χ2n) is 5.93. The molecule has 1 aromatic carbocycles. The van der Waals surface area contributed by atoms with Gasteiger partial charge in [-0.1, -0.05) is 0 Å². The minimum Gasteiger partial charge on any atom is -0.373 e. The van der Waals surface area contributed by atoms with Crippen LogP contribution in [0.4, 0.5) is 5.69 Å². The van der Waals surface area contributed by atoms with Crippen molar-refractivity contribution < 1.29 is 4.79 Å². The van der Waals surface area contributed by atoms with Gasteiger partial charge in [0.25, 0.3) is 0 Å². The lowest BCUT2D eigenvalue weighted by Crippen LogP contribution is -2.56. The second-order valence-corrected chi connectivity index (χ2v) is 5.93. The minimum absolute atomic E-state index is 0.123. The van der Waals surface area contributed by atoms with Gasteiger partial charge in [-0.05, 0) is 64.5 Å². The Labute approximate surface area is 116 Å². The number of nitrogens with zero attached hydrogens (tertiary/aromatic N) is 2. The van der Waals surface area contributed by atoms with Crippen LogP contribution in [0, 0.1) is 0 Å². The van der Waals surface area contributed by atoms with Gasteiger partial charge < -0.3 is 9.80 Å². The number of benzene rings is 1. The van der Waals surface area contributed by atoms with Crippen molar-refractivity contribution in [1.29, 1.82) is 0 Å². The first-order valence-corrected chi connectivity index (χ1v) is 6.94. The lowest BCUT2D eigenvalue weighted by molar-refractivity contribution is 0.0683. The topological polar surface area (TPSA) is 23.6 Å². The van der Waals surface area contributed by atoms with Gasteiger partial charge >= 0.3 is 0 Å². The van der Waals surface area contributed by atoms with Crippen LogP contribution in [0.25, 0.3) is 0 Å². The average molecular weight is 260 g/mol. The third-order valence-electron chi connectivity index (χ3n) is 4.48. The van der Waals surface area contributed by atoms with Crippen molar-refractivity contribution in [1.82, 2.24) is 4.90 Å². The molecule has 1 saturated carbocycles. The van der Waals surface area contributed by atoms with E-state index < -0.39 is 0 Å². The van der Waals surface area contributed by atoms with E-state index in [1.807, 2.05) is 24.3 Å². The van der Waals surface area contributed by atoms with Gasteiger partial charge in [-0.25, -0.2) is 0 Å². The van der Waals surface area contributed by atoms with Crippen LogP contribution in [0.5, 0.6) is 0 Å². The van der Waals surface area contributed by atoms with Gasteiger partial charge in [0.05, 0.1) is 0 Å². The molecule has 0 unspecified atom stereocenters. The first-order valence-electron chi connectivity index (χ1n) is 6.94. The summed E-state index contributed by atoms with van der Waals surface area (Å²) in [6.45, 7) is 2.65. The first kappa shape index (κ1) is 14.1. The molecule has 0 bridgehead atoms. The maximum atomic E-state index is 11.3. The molecule has 3 heteroatoms. The highest BCUT2D eigenvalue weighted by Gasteiger charge is 2.39. The molecule has 0 amide bonds. The first-order chi connectivity index (χ1) is 8.94. The summed E-state index contributed by atoms with van der Waals surface area (Å²) in [4.78, 5) is 15.9. The Bertz CT molecular complexity index is 446. The Balaban J connectivity index is 2.07. The van der Waals surface area contributed by atoms with Crippen molar-refractivity contribution in [2.75, 3.05) is 32.6 Å². The van der Waals surface area contributed by atoms with Gasteiger partial charge in [-0.3, -0.25) is 4.79 Å². The number of Topliss-reactive ketones (excluding diaryl/α,β-unsaturated/α-hetero) is 1. The Hall–Kier alpha value is -1.35. The molecule has 0 N–H and O–H groups in total. The summed E-state index contributed by atoms with van der Waals surface area (Å²) in [5, 5.41) is 0. The summed E-state index contributed by atoms with van der Waals surface area (Å²) < 4.78 is 0. The van der Waals surface area contributed by atoms with E-state index in [0.29, 0.717) is 5.54 Å². The monoisotopic (exact) mass is 260 g/mol. The smallest absolute Gasteiger partial charge is 0.159 e. The molecule has 1 fully saturated rings. The van der Waals surface area contributed by atoms with Crippen LogP contribution in [0.1, 0.15) is 36.5 Å². The van der Waals surface area contributed by atoms with Crippen LogP contribution in [0.15, 0.2) is 24.3 Å². The maximum Gasteiger partial charge on any atom is 0.159 e. The van der Waals surface area contributed by atoms with Crippen LogP contribution >= 0.6 is 0 Å². The van der Waals surface area contributed by atoms with E-state index in [1.54, 1.807) is 6.92 Å². The lowest BCUT2D eigenvalue weighted by Gasteiger charge is -2.49. The zero-order valence-corrected chi connectivity index (χ0v) is 12.4. The highest BCUT2D eigenvalue weighted by molar-refractivity contribution is 5.94. The van der Waals surface area contributed by atoms with Crippen molar-refractivity contribution in [2.45, 2.75) is 31.7 Å². The molecule has 1 aliphatic rings. The average Bonchev–Trinajstić information content (AvgIpc) is 2.33. The Morgan fingerprint density at radius 1 is 1.16 bits per heavy atom. The van der Waals surface area contributed by atoms with E-state index in [2.05, 4.69) is 30.9 Å². The van der Waals surface area contributed by atoms with E-state index in [0.717, 1.165) is 12.1 Å². The number of carbonyl (C=O) groups excluding carboxylic acids is 1. The fraction of sp³-hybridized carbons (Fsp3) is 0.562. The predicted octanol–water partition coefficient (Wildman–Crippen LogP) is 2.81. The van der Waals surface area contributed by atoms with Crippen molar-refractivity contribution in [3.05, 3.63) is 29.8 Å². The van der Waals surface area contributed by atoms with Crippen molar-refractivity contribution in [3.8, 4) is 0 Å². The minimum atomic E-state index is 0.123. The van der Waals surface area contributed by atoms with Crippen LogP contribution in [0.3, 0.4) is 0 Å². The van der Waals surface area contributed by atoms with Crippen LogP contribution < -0.4 is 4.90 Å².